The van der Waals surface area contributed by atoms with Gasteiger partial charge in [0.15, 0.2) is 0 Å². The highest BCUT2D eigenvalue weighted by Crippen LogP contribution is 2.25. The minimum absolute atomic E-state index is 0.124. The number of aromatic hydroxyl groups is 1. The monoisotopic (exact) mass is 264 g/mol. The number of rotatable bonds is 4. The van der Waals surface area contributed by atoms with Crippen molar-refractivity contribution in [2.24, 2.45) is 0 Å². The summed E-state index contributed by atoms with van der Waals surface area (Å²) in [5, 5.41) is 12.8. The van der Waals surface area contributed by atoms with E-state index in [1.165, 1.54) is 0 Å². The second kappa shape index (κ2) is 6.43. The van der Waals surface area contributed by atoms with Gasteiger partial charge in [0.25, 0.3) is 0 Å². The Balaban J connectivity index is 1.79. The van der Waals surface area contributed by atoms with Crippen molar-refractivity contribution in [3.63, 3.8) is 0 Å². The van der Waals surface area contributed by atoms with E-state index >= 15 is 0 Å². The number of carbonyl (C=O) groups is 1. The van der Waals surface area contributed by atoms with Crippen LogP contribution in [0.1, 0.15) is 12.0 Å². The smallest absolute Gasteiger partial charge is 0.226 e. The van der Waals surface area contributed by atoms with E-state index in [0.29, 0.717) is 24.3 Å². The van der Waals surface area contributed by atoms with Crippen LogP contribution in [0.15, 0.2) is 18.2 Å². The maximum Gasteiger partial charge on any atom is 0.226 e. The second-order valence-corrected chi connectivity index (χ2v) is 4.63. The zero-order chi connectivity index (χ0) is 13.7. The minimum atomic E-state index is 0.124. The summed E-state index contributed by atoms with van der Waals surface area (Å²) in [6, 6.07) is 5.15. The van der Waals surface area contributed by atoms with Crippen LogP contribution in [0.25, 0.3) is 0 Å². The lowest BCUT2D eigenvalue weighted by Gasteiger charge is -2.27. The van der Waals surface area contributed by atoms with Gasteiger partial charge in [-0.3, -0.25) is 4.79 Å². The lowest BCUT2D eigenvalue weighted by Crippen LogP contribution is -2.46. The fraction of sp³-hybridized carbons (Fsp3) is 0.500. The van der Waals surface area contributed by atoms with Gasteiger partial charge in [0.05, 0.1) is 13.0 Å². The van der Waals surface area contributed by atoms with E-state index in [1.54, 1.807) is 25.1 Å². The SMILES string of the molecule is Cc1c(O)cccc1OCCC(=O)N1CCNCC1. The third-order valence-electron chi connectivity index (χ3n) is 3.30. The molecule has 19 heavy (non-hydrogen) atoms. The molecule has 0 aliphatic carbocycles. The molecule has 1 aromatic carbocycles. The first-order chi connectivity index (χ1) is 9.18. The summed E-state index contributed by atoms with van der Waals surface area (Å²) in [5.41, 5.74) is 0.706. The molecule has 1 heterocycles. The average Bonchev–Trinajstić information content (AvgIpc) is 2.44. The zero-order valence-corrected chi connectivity index (χ0v) is 11.2. The summed E-state index contributed by atoms with van der Waals surface area (Å²) in [6.07, 6.45) is 0.370. The largest absolute Gasteiger partial charge is 0.508 e. The number of hydrogen-bond donors (Lipinski definition) is 2. The number of amides is 1. The molecule has 1 amide bonds. The van der Waals surface area contributed by atoms with E-state index in [1.807, 2.05) is 4.90 Å². The number of nitrogens with zero attached hydrogens (tertiary/aromatic N) is 1. The van der Waals surface area contributed by atoms with Crippen LogP contribution in [0.4, 0.5) is 0 Å². The van der Waals surface area contributed by atoms with Gasteiger partial charge in [0, 0.05) is 31.7 Å². The molecule has 0 atom stereocenters. The van der Waals surface area contributed by atoms with Gasteiger partial charge in [0.1, 0.15) is 11.5 Å². The van der Waals surface area contributed by atoms with E-state index in [9.17, 15) is 9.90 Å². The van der Waals surface area contributed by atoms with Crippen LogP contribution >= 0.6 is 0 Å². The summed E-state index contributed by atoms with van der Waals surface area (Å²) >= 11 is 0. The molecule has 1 aliphatic heterocycles. The van der Waals surface area contributed by atoms with E-state index in [0.717, 1.165) is 26.2 Å². The highest BCUT2D eigenvalue weighted by molar-refractivity contribution is 5.76. The van der Waals surface area contributed by atoms with Gasteiger partial charge < -0.3 is 20.1 Å². The summed E-state index contributed by atoms with van der Waals surface area (Å²) in [6.45, 7) is 5.39. The summed E-state index contributed by atoms with van der Waals surface area (Å²) in [5.74, 6) is 0.971. The quantitative estimate of drug-likeness (QED) is 0.848. The van der Waals surface area contributed by atoms with Crippen molar-refractivity contribution in [2.45, 2.75) is 13.3 Å². The molecule has 0 spiro atoms. The van der Waals surface area contributed by atoms with Crippen molar-refractivity contribution in [1.29, 1.82) is 0 Å². The molecular formula is C14H20N2O3. The Labute approximate surface area is 113 Å². The molecule has 5 nitrogen and oxygen atoms in total. The molecule has 2 N–H and O–H groups in total. The number of ether oxygens (including phenoxy) is 1. The molecule has 104 valence electrons. The van der Waals surface area contributed by atoms with Gasteiger partial charge in [-0.05, 0) is 19.1 Å². The molecule has 0 unspecified atom stereocenters. The van der Waals surface area contributed by atoms with Crippen molar-refractivity contribution < 1.29 is 14.6 Å². The van der Waals surface area contributed by atoms with Gasteiger partial charge >= 0.3 is 0 Å². The number of piperazine rings is 1. The van der Waals surface area contributed by atoms with Gasteiger partial charge in [0.2, 0.25) is 5.91 Å². The van der Waals surface area contributed by atoms with E-state index in [2.05, 4.69) is 5.32 Å². The number of carbonyl (C=O) groups excluding carboxylic acids is 1. The third-order valence-corrected chi connectivity index (χ3v) is 3.30. The molecule has 0 radical (unpaired) electrons. The van der Waals surface area contributed by atoms with Crippen LogP contribution in [-0.4, -0.2) is 48.7 Å². The van der Waals surface area contributed by atoms with E-state index in [4.69, 9.17) is 4.74 Å². The van der Waals surface area contributed by atoms with Gasteiger partial charge in [-0.2, -0.15) is 0 Å². The molecule has 2 rings (SSSR count). The van der Waals surface area contributed by atoms with Crippen LogP contribution in [0.5, 0.6) is 11.5 Å². The molecule has 1 aromatic rings. The molecular weight excluding hydrogens is 244 g/mol. The number of phenolic OH excluding ortho intramolecular Hbond substituents is 1. The van der Waals surface area contributed by atoms with Crippen LogP contribution < -0.4 is 10.1 Å². The topological polar surface area (TPSA) is 61.8 Å². The third kappa shape index (κ3) is 3.61. The predicted molar refractivity (Wildman–Crippen MR) is 72.4 cm³/mol. The van der Waals surface area contributed by atoms with Crippen molar-refractivity contribution in [3.8, 4) is 11.5 Å². The fourth-order valence-electron chi connectivity index (χ4n) is 2.08. The molecule has 1 aliphatic rings. The molecule has 1 saturated heterocycles. The first kappa shape index (κ1) is 13.7. The Morgan fingerprint density at radius 2 is 2.16 bits per heavy atom. The molecule has 0 saturated carbocycles. The summed E-state index contributed by atoms with van der Waals surface area (Å²) in [4.78, 5) is 13.8. The Morgan fingerprint density at radius 3 is 2.89 bits per heavy atom. The highest BCUT2D eigenvalue weighted by atomic mass is 16.5. The number of benzene rings is 1. The predicted octanol–water partition coefficient (Wildman–Crippen LogP) is 0.901. The Kier molecular flexibility index (Phi) is 4.63. The average molecular weight is 264 g/mol. The molecule has 0 aromatic heterocycles. The first-order valence-corrected chi connectivity index (χ1v) is 6.58. The zero-order valence-electron chi connectivity index (χ0n) is 11.2. The minimum Gasteiger partial charge on any atom is -0.508 e. The first-order valence-electron chi connectivity index (χ1n) is 6.58. The van der Waals surface area contributed by atoms with Crippen LogP contribution in [0, 0.1) is 6.92 Å². The second-order valence-electron chi connectivity index (χ2n) is 4.63. The fourth-order valence-corrected chi connectivity index (χ4v) is 2.08. The number of nitrogens with one attached hydrogen (secondary N) is 1. The van der Waals surface area contributed by atoms with Crippen LogP contribution in [0.2, 0.25) is 0 Å². The molecule has 5 heteroatoms. The standard InChI is InChI=1S/C14H20N2O3/c1-11-12(17)3-2-4-13(11)19-10-5-14(18)16-8-6-15-7-9-16/h2-4,15,17H,5-10H2,1H3. The number of phenols is 1. The summed E-state index contributed by atoms with van der Waals surface area (Å²) in [7, 11) is 0. The Bertz CT molecular complexity index is 442. The maximum absolute atomic E-state index is 11.9. The van der Waals surface area contributed by atoms with Gasteiger partial charge in [-0.25, -0.2) is 0 Å². The van der Waals surface area contributed by atoms with E-state index < -0.39 is 0 Å². The molecule has 1 fully saturated rings. The molecule has 0 bridgehead atoms. The van der Waals surface area contributed by atoms with Crippen molar-refractivity contribution in [1.82, 2.24) is 10.2 Å². The normalized spacial score (nSPS) is 15.3. The Morgan fingerprint density at radius 1 is 1.42 bits per heavy atom. The summed E-state index contributed by atoms with van der Waals surface area (Å²) < 4.78 is 5.56. The van der Waals surface area contributed by atoms with Crippen LogP contribution in [-0.2, 0) is 4.79 Å². The van der Waals surface area contributed by atoms with Crippen LogP contribution in [0.3, 0.4) is 0 Å². The lowest BCUT2D eigenvalue weighted by molar-refractivity contribution is -0.132. The highest BCUT2D eigenvalue weighted by Gasteiger charge is 2.15. The van der Waals surface area contributed by atoms with Gasteiger partial charge in [-0.1, -0.05) is 6.07 Å². The lowest BCUT2D eigenvalue weighted by atomic mass is 10.2. The van der Waals surface area contributed by atoms with Gasteiger partial charge in [-0.15, -0.1) is 0 Å². The van der Waals surface area contributed by atoms with Crippen molar-refractivity contribution >= 4 is 5.91 Å². The van der Waals surface area contributed by atoms with Crippen molar-refractivity contribution in [3.05, 3.63) is 23.8 Å². The van der Waals surface area contributed by atoms with Crippen molar-refractivity contribution in [2.75, 3.05) is 32.8 Å². The Hall–Kier alpha value is -1.75. The maximum atomic E-state index is 11.9. The van der Waals surface area contributed by atoms with E-state index in [-0.39, 0.29) is 11.7 Å². The number of hydrogen-bond acceptors (Lipinski definition) is 4.